The van der Waals surface area contributed by atoms with Gasteiger partial charge in [-0.15, -0.1) is 0 Å². The van der Waals surface area contributed by atoms with Crippen molar-refractivity contribution in [2.45, 2.75) is 6.04 Å². The summed E-state index contributed by atoms with van der Waals surface area (Å²) in [5.74, 6) is -0.396. The number of hydrogen-bond donors (Lipinski definition) is 2. The van der Waals surface area contributed by atoms with Gasteiger partial charge < -0.3 is 11.5 Å². The molecule has 0 aliphatic carbocycles. The van der Waals surface area contributed by atoms with E-state index in [4.69, 9.17) is 11.5 Å². The van der Waals surface area contributed by atoms with Gasteiger partial charge in [0.15, 0.2) is 6.04 Å². The third-order valence-corrected chi connectivity index (χ3v) is 0.972. The van der Waals surface area contributed by atoms with Crippen LogP contribution in [0.5, 0.6) is 0 Å². The van der Waals surface area contributed by atoms with Crippen LogP contribution in [0.2, 0.25) is 0 Å². The smallest absolute Gasteiger partial charge is 0.250 e. The highest BCUT2D eigenvalue weighted by Crippen LogP contribution is 1.94. The Labute approximate surface area is 51.5 Å². The van der Waals surface area contributed by atoms with Gasteiger partial charge in [0.1, 0.15) is 12.2 Å². The van der Waals surface area contributed by atoms with Crippen molar-refractivity contribution in [3.05, 3.63) is 0 Å². The molecule has 0 aromatic rings. The molecule has 48 valence electrons. The number of amidine groups is 1. The molecule has 1 amide bonds. The number of aliphatic imine (C=N–C) groups is 2. The van der Waals surface area contributed by atoms with Crippen LogP contribution in [-0.4, -0.2) is 24.1 Å². The van der Waals surface area contributed by atoms with Crippen molar-refractivity contribution in [1.29, 1.82) is 0 Å². The Bertz CT molecular complexity index is 195. The Kier molecular flexibility index (Phi) is 1.18. The van der Waals surface area contributed by atoms with Crippen LogP contribution in [0.3, 0.4) is 0 Å². The minimum atomic E-state index is -0.731. The highest BCUT2D eigenvalue weighted by Gasteiger charge is 2.20. The number of nitrogens with zero attached hydrogens (tertiary/aromatic N) is 2. The number of rotatable bonds is 1. The van der Waals surface area contributed by atoms with Gasteiger partial charge in [-0.05, 0) is 0 Å². The molecule has 1 rings (SSSR count). The number of hydrogen-bond acceptors (Lipinski definition) is 4. The molecular weight excluding hydrogens is 120 g/mol. The summed E-state index contributed by atoms with van der Waals surface area (Å²) in [5, 5.41) is 0. The van der Waals surface area contributed by atoms with Crippen LogP contribution in [0.1, 0.15) is 0 Å². The van der Waals surface area contributed by atoms with Crippen molar-refractivity contribution in [1.82, 2.24) is 0 Å². The van der Waals surface area contributed by atoms with Gasteiger partial charge in [-0.25, -0.2) is 4.99 Å². The molecule has 5 heteroatoms. The predicted molar refractivity (Wildman–Crippen MR) is 33.1 cm³/mol. The summed E-state index contributed by atoms with van der Waals surface area (Å²) in [7, 11) is 0. The third-order valence-electron chi connectivity index (χ3n) is 0.972. The third kappa shape index (κ3) is 0.883. The molecule has 4 N–H and O–H groups in total. The summed E-state index contributed by atoms with van der Waals surface area (Å²) < 4.78 is 0. The van der Waals surface area contributed by atoms with Gasteiger partial charge in [-0.2, -0.15) is 0 Å². The fourth-order valence-electron chi connectivity index (χ4n) is 0.533. The molecule has 0 saturated heterocycles. The van der Waals surface area contributed by atoms with E-state index in [1.807, 2.05) is 0 Å². The molecular formula is C4H6N4O. The SMILES string of the molecule is NC(=O)C1N=CN=C1N. The summed E-state index contributed by atoms with van der Waals surface area (Å²) >= 11 is 0. The average molecular weight is 126 g/mol. The zero-order chi connectivity index (χ0) is 6.85. The van der Waals surface area contributed by atoms with Gasteiger partial charge in [0.25, 0.3) is 0 Å². The fourth-order valence-corrected chi connectivity index (χ4v) is 0.533. The van der Waals surface area contributed by atoms with Crippen molar-refractivity contribution in [2.75, 3.05) is 0 Å². The van der Waals surface area contributed by atoms with Crippen LogP contribution < -0.4 is 11.5 Å². The predicted octanol–water partition coefficient (Wildman–Crippen LogP) is -1.76. The Morgan fingerprint density at radius 1 is 1.78 bits per heavy atom. The van der Waals surface area contributed by atoms with Crippen molar-refractivity contribution in [3.8, 4) is 0 Å². The van der Waals surface area contributed by atoms with Crippen LogP contribution in [0, 0.1) is 0 Å². The Hall–Kier alpha value is -1.39. The molecule has 0 spiro atoms. The van der Waals surface area contributed by atoms with Gasteiger partial charge >= 0.3 is 0 Å². The lowest BCUT2D eigenvalue weighted by atomic mass is 10.3. The van der Waals surface area contributed by atoms with E-state index in [0.717, 1.165) is 0 Å². The molecule has 0 saturated carbocycles. The lowest BCUT2D eigenvalue weighted by Gasteiger charge is -1.98. The minimum Gasteiger partial charge on any atom is -0.385 e. The van der Waals surface area contributed by atoms with Gasteiger partial charge in [-0.1, -0.05) is 0 Å². The Balaban J connectivity index is 2.74. The highest BCUT2D eigenvalue weighted by molar-refractivity contribution is 6.11. The number of carbonyl (C=O) groups is 1. The van der Waals surface area contributed by atoms with Crippen LogP contribution in [-0.2, 0) is 4.79 Å². The van der Waals surface area contributed by atoms with E-state index in [-0.39, 0.29) is 5.84 Å². The lowest BCUT2D eigenvalue weighted by Crippen LogP contribution is -2.36. The number of nitrogens with two attached hydrogens (primary N) is 2. The van der Waals surface area contributed by atoms with Gasteiger partial charge in [0.05, 0.1) is 0 Å². The molecule has 1 heterocycles. The Morgan fingerprint density at radius 2 is 2.44 bits per heavy atom. The molecule has 0 aromatic carbocycles. The fraction of sp³-hybridized carbons (Fsp3) is 0.250. The topological polar surface area (TPSA) is 93.8 Å². The number of carbonyl (C=O) groups excluding carboxylic acids is 1. The minimum absolute atomic E-state index is 0.169. The van der Waals surface area contributed by atoms with E-state index < -0.39 is 11.9 Å². The summed E-state index contributed by atoms with van der Waals surface area (Å²) in [4.78, 5) is 17.5. The molecule has 1 unspecified atom stereocenters. The largest absolute Gasteiger partial charge is 0.385 e. The molecule has 5 nitrogen and oxygen atoms in total. The molecule has 1 aliphatic rings. The van der Waals surface area contributed by atoms with Crippen molar-refractivity contribution >= 4 is 18.1 Å². The maximum Gasteiger partial charge on any atom is 0.250 e. The molecule has 0 bridgehead atoms. The highest BCUT2D eigenvalue weighted by atomic mass is 16.1. The molecule has 0 fully saturated rings. The first-order valence-corrected chi connectivity index (χ1v) is 2.36. The standard InChI is InChI=1S/C4H6N4O/c5-3-2(4(6)9)7-1-8-3/h1-2H,(H2,6,9)(H2,5,7,8). The second-order valence-electron chi connectivity index (χ2n) is 1.62. The first-order valence-electron chi connectivity index (χ1n) is 2.36. The summed E-state index contributed by atoms with van der Waals surface area (Å²) in [6.07, 6.45) is 1.23. The summed E-state index contributed by atoms with van der Waals surface area (Å²) in [6, 6.07) is -0.731. The average Bonchev–Trinajstić information content (AvgIpc) is 2.13. The van der Waals surface area contributed by atoms with Crippen LogP contribution in [0.15, 0.2) is 9.98 Å². The van der Waals surface area contributed by atoms with E-state index in [0.29, 0.717) is 0 Å². The second-order valence-corrected chi connectivity index (χ2v) is 1.62. The van der Waals surface area contributed by atoms with Crippen molar-refractivity contribution < 1.29 is 4.79 Å². The van der Waals surface area contributed by atoms with Crippen LogP contribution >= 0.6 is 0 Å². The molecule has 1 atom stereocenters. The molecule has 0 aromatic heterocycles. The maximum atomic E-state index is 10.4. The number of amides is 1. The zero-order valence-electron chi connectivity index (χ0n) is 4.61. The van der Waals surface area contributed by atoms with E-state index >= 15 is 0 Å². The first kappa shape index (κ1) is 5.74. The van der Waals surface area contributed by atoms with Gasteiger partial charge in [-0.3, -0.25) is 9.79 Å². The first-order chi connectivity index (χ1) is 4.22. The van der Waals surface area contributed by atoms with E-state index in [9.17, 15) is 4.79 Å². The van der Waals surface area contributed by atoms with Crippen LogP contribution in [0.25, 0.3) is 0 Å². The van der Waals surface area contributed by atoms with Crippen molar-refractivity contribution in [3.63, 3.8) is 0 Å². The van der Waals surface area contributed by atoms with E-state index in [2.05, 4.69) is 9.98 Å². The Morgan fingerprint density at radius 3 is 2.67 bits per heavy atom. The molecule has 1 aliphatic heterocycles. The van der Waals surface area contributed by atoms with E-state index in [1.54, 1.807) is 0 Å². The number of primary amides is 1. The zero-order valence-corrected chi connectivity index (χ0v) is 4.61. The molecule has 0 radical (unpaired) electrons. The van der Waals surface area contributed by atoms with Crippen molar-refractivity contribution in [2.24, 2.45) is 21.5 Å². The second kappa shape index (κ2) is 1.85. The van der Waals surface area contributed by atoms with Gasteiger partial charge in [0, 0.05) is 0 Å². The van der Waals surface area contributed by atoms with Crippen LogP contribution in [0.4, 0.5) is 0 Å². The summed E-state index contributed by atoms with van der Waals surface area (Å²) in [5.41, 5.74) is 10.1. The monoisotopic (exact) mass is 126 g/mol. The van der Waals surface area contributed by atoms with E-state index in [1.165, 1.54) is 6.34 Å². The quantitative estimate of drug-likeness (QED) is 0.435. The normalized spacial score (nSPS) is 24.0. The molecule has 9 heavy (non-hydrogen) atoms. The van der Waals surface area contributed by atoms with Gasteiger partial charge in [0.2, 0.25) is 5.91 Å². The summed E-state index contributed by atoms with van der Waals surface area (Å²) in [6.45, 7) is 0. The lowest BCUT2D eigenvalue weighted by molar-refractivity contribution is -0.117. The maximum absolute atomic E-state index is 10.4.